The molecule has 0 spiro atoms. The highest BCUT2D eigenvalue weighted by molar-refractivity contribution is 5.73. The van der Waals surface area contributed by atoms with Gasteiger partial charge in [0, 0.05) is 27.3 Å². The molecule has 1 unspecified atom stereocenters. The molecule has 22 heavy (non-hydrogen) atoms. The van der Waals surface area contributed by atoms with Gasteiger partial charge in [-0.1, -0.05) is 6.07 Å². The first kappa shape index (κ1) is 17.6. The van der Waals surface area contributed by atoms with Gasteiger partial charge in [0.25, 0.3) is 0 Å². The number of carbonyl (C=O) groups excluding carboxylic acids is 3. The van der Waals surface area contributed by atoms with E-state index in [-0.39, 0.29) is 11.5 Å². The number of esters is 3. The summed E-state index contributed by atoms with van der Waals surface area (Å²) in [6.45, 7) is 4.17. The average Bonchev–Trinajstić information content (AvgIpc) is 2.38. The summed E-state index contributed by atoms with van der Waals surface area (Å²) >= 11 is 0. The molecule has 0 aliphatic carbocycles. The second-order valence-corrected chi connectivity index (χ2v) is 4.55. The van der Waals surface area contributed by atoms with E-state index < -0.39 is 24.0 Å². The molecule has 120 valence electrons. The van der Waals surface area contributed by atoms with E-state index in [1.165, 1.54) is 32.9 Å². The molecule has 7 heteroatoms. The van der Waals surface area contributed by atoms with E-state index in [1.807, 2.05) is 0 Å². The molecule has 0 amide bonds. The van der Waals surface area contributed by atoms with Gasteiger partial charge in [0.15, 0.2) is 11.5 Å². The Morgan fingerprint density at radius 1 is 1.00 bits per heavy atom. The van der Waals surface area contributed by atoms with Crippen molar-refractivity contribution in [2.75, 3.05) is 13.6 Å². The van der Waals surface area contributed by atoms with Crippen molar-refractivity contribution in [1.82, 2.24) is 5.32 Å². The lowest BCUT2D eigenvalue weighted by molar-refractivity contribution is -0.146. The smallest absolute Gasteiger partial charge is 0.308 e. The van der Waals surface area contributed by atoms with Gasteiger partial charge >= 0.3 is 17.9 Å². The van der Waals surface area contributed by atoms with E-state index in [0.717, 1.165) is 0 Å². The van der Waals surface area contributed by atoms with Crippen LogP contribution in [-0.2, 0) is 19.1 Å². The average molecular weight is 309 g/mol. The normalized spacial score (nSPS) is 11.5. The van der Waals surface area contributed by atoms with Gasteiger partial charge < -0.3 is 19.5 Å². The molecule has 7 nitrogen and oxygen atoms in total. The molecule has 0 fully saturated rings. The van der Waals surface area contributed by atoms with Crippen LogP contribution >= 0.6 is 0 Å². The van der Waals surface area contributed by atoms with Crippen LogP contribution in [0.5, 0.6) is 11.5 Å². The number of nitrogens with one attached hydrogen (secondary N) is 1. The molecular formula is C15H19NO6. The van der Waals surface area contributed by atoms with Crippen molar-refractivity contribution in [1.29, 1.82) is 0 Å². The lowest BCUT2D eigenvalue weighted by Crippen LogP contribution is -2.21. The third-order valence-electron chi connectivity index (χ3n) is 2.54. The van der Waals surface area contributed by atoms with Crippen molar-refractivity contribution in [2.45, 2.75) is 26.9 Å². The minimum Gasteiger partial charge on any atom is -0.456 e. The Morgan fingerprint density at radius 2 is 1.59 bits per heavy atom. The fourth-order valence-electron chi connectivity index (χ4n) is 1.81. The van der Waals surface area contributed by atoms with Gasteiger partial charge in [-0.2, -0.15) is 0 Å². The number of hydrogen-bond acceptors (Lipinski definition) is 7. The van der Waals surface area contributed by atoms with Crippen molar-refractivity contribution in [3.63, 3.8) is 0 Å². The van der Waals surface area contributed by atoms with E-state index in [9.17, 15) is 14.4 Å². The topological polar surface area (TPSA) is 90.9 Å². The Balaban J connectivity index is 3.16. The van der Waals surface area contributed by atoms with Crippen molar-refractivity contribution in [2.24, 2.45) is 0 Å². The van der Waals surface area contributed by atoms with Crippen LogP contribution in [0.4, 0.5) is 0 Å². The number of rotatable bonds is 6. The van der Waals surface area contributed by atoms with Crippen LogP contribution in [-0.4, -0.2) is 31.5 Å². The lowest BCUT2D eigenvalue weighted by Gasteiger charge is -2.18. The zero-order valence-corrected chi connectivity index (χ0v) is 13.0. The summed E-state index contributed by atoms with van der Waals surface area (Å²) in [5.74, 6) is -1.31. The van der Waals surface area contributed by atoms with Crippen LogP contribution in [0, 0.1) is 0 Å². The Bertz CT molecular complexity index is 569. The minimum atomic E-state index is -0.553. The first-order valence-electron chi connectivity index (χ1n) is 6.66. The van der Waals surface area contributed by atoms with Gasteiger partial charge in [-0.15, -0.1) is 0 Å². The van der Waals surface area contributed by atoms with E-state index in [2.05, 4.69) is 5.32 Å². The molecule has 1 aromatic rings. The van der Waals surface area contributed by atoms with Gasteiger partial charge in [0.05, 0.1) is 0 Å². The number of ether oxygens (including phenoxy) is 3. The van der Waals surface area contributed by atoms with Crippen LogP contribution in [0.2, 0.25) is 0 Å². The van der Waals surface area contributed by atoms with Crippen molar-refractivity contribution in [3.05, 3.63) is 23.8 Å². The summed E-state index contributed by atoms with van der Waals surface area (Å²) in [4.78, 5) is 33.4. The number of carbonyl (C=O) groups is 3. The molecule has 0 aliphatic heterocycles. The largest absolute Gasteiger partial charge is 0.456 e. The predicted octanol–water partition coefficient (Wildman–Crippen LogP) is 1.36. The number of likely N-dealkylation sites (N-methyl/N-ethyl adjacent to an activating group) is 1. The second-order valence-electron chi connectivity index (χ2n) is 4.55. The van der Waals surface area contributed by atoms with Crippen LogP contribution in [0.25, 0.3) is 0 Å². The van der Waals surface area contributed by atoms with Gasteiger partial charge in [-0.25, -0.2) is 0 Å². The van der Waals surface area contributed by atoms with Crippen LogP contribution in [0.3, 0.4) is 0 Å². The first-order valence-corrected chi connectivity index (χ1v) is 6.66. The molecule has 0 aliphatic rings. The third kappa shape index (κ3) is 5.53. The van der Waals surface area contributed by atoms with E-state index >= 15 is 0 Å². The zero-order valence-electron chi connectivity index (χ0n) is 13.0. The van der Waals surface area contributed by atoms with Crippen molar-refractivity contribution in [3.8, 4) is 11.5 Å². The molecule has 1 N–H and O–H groups in total. The van der Waals surface area contributed by atoms with Crippen LogP contribution in [0.1, 0.15) is 32.4 Å². The van der Waals surface area contributed by atoms with E-state index in [4.69, 9.17) is 14.2 Å². The zero-order chi connectivity index (χ0) is 16.7. The summed E-state index contributed by atoms with van der Waals surface area (Å²) in [6, 6.07) is 4.63. The Morgan fingerprint density at radius 3 is 2.09 bits per heavy atom. The summed E-state index contributed by atoms with van der Waals surface area (Å²) in [5, 5.41) is 2.91. The molecule has 0 bridgehead atoms. The molecule has 0 heterocycles. The maximum Gasteiger partial charge on any atom is 0.308 e. The molecule has 1 rings (SSSR count). The number of hydrogen-bond donors (Lipinski definition) is 1. The molecule has 1 aromatic carbocycles. The minimum absolute atomic E-state index is 0.0912. The molecule has 0 aromatic heterocycles. The van der Waals surface area contributed by atoms with Gasteiger partial charge in [0.2, 0.25) is 0 Å². The molecule has 0 saturated heterocycles. The highest BCUT2D eigenvalue weighted by atomic mass is 16.6. The predicted molar refractivity (Wildman–Crippen MR) is 77.5 cm³/mol. The highest BCUT2D eigenvalue weighted by Crippen LogP contribution is 2.32. The van der Waals surface area contributed by atoms with Crippen LogP contribution < -0.4 is 14.8 Å². The summed E-state index contributed by atoms with van der Waals surface area (Å²) in [6.07, 6.45) is -0.553. The molecule has 0 radical (unpaired) electrons. The van der Waals surface area contributed by atoms with Gasteiger partial charge in [-0.3, -0.25) is 14.4 Å². The maximum atomic E-state index is 11.2. The van der Waals surface area contributed by atoms with E-state index in [0.29, 0.717) is 12.1 Å². The third-order valence-corrected chi connectivity index (χ3v) is 2.54. The highest BCUT2D eigenvalue weighted by Gasteiger charge is 2.18. The summed E-state index contributed by atoms with van der Waals surface area (Å²) in [5.41, 5.74) is 0.608. The standard InChI is InChI=1S/C15H19NO6/c1-9(17)20-13-6-5-12(7-14(13)21-10(2)18)15(8-16-4)22-11(3)19/h5-7,15-16H,8H2,1-4H3. The maximum absolute atomic E-state index is 11.2. The summed E-state index contributed by atoms with van der Waals surface area (Å²) in [7, 11) is 1.72. The fraction of sp³-hybridized carbons (Fsp3) is 0.400. The van der Waals surface area contributed by atoms with E-state index in [1.54, 1.807) is 13.1 Å². The van der Waals surface area contributed by atoms with Crippen LogP contribution in [0.15, 0.2) is 18.2 Å². The summed E-state index contributed by atoms with van der Waals surface area (Å²) < 4.78 is 15.2. The lowest BCUT2D eigenvalue weighted by atomic mass is 10.1. The van der Waals surface area contributed by atoms with Crippen molar-refractivity contribution >= 4 is 17.9 Å². The van der Waals surface area contributed by atoms with Gasteiger partial charge in [-0.05, 0) is 24.7 Å². The second kappa shape index (κ2) is 8.14. The first-order chi connectivity index (χ1) is 10.3. The molecule has 1 atom stereocenters. The Kier molecular flexibility index (Phi) is 6.52. The number of benzene rings is 1. The van der Waals surface area contributed by atoms with Crippen molar-refractivity contribution < 1.29 is 28.6 Å². The SMILES string of the molecule is CNCC(OC(C)=O)c1ccc(OC(C)=O)c(OC(C)=O)c1. The fourth-order valence-corrected chi connectivity index (χ4v) is 1.81. The Labute approximate surface area is 128 Å². The quantitative estimate of drug-likeness (QED) is 0.626. The monoisotopic (exact) mass is 309 g/mol. The molecule has 0 saturated carbocycles. The Hall–Kier alpha value is -2.41. The molecular weight excluding hydrogens is 290 g/mol. The van der Waals surface area contributed by atoms with Gasteiger partial charge in [0.1, 0.15) is 6.10 Å².